The number of amides is 4. The molecule has 0 fully saturated rings. The number of carbonyl (C=O) groups is 5. The number of nitrogens with two attached hydrogens (primary N) is 2. The first-order valence-corrected chi connectivity index (χ1v) is 11.3. The highest BCUT2D eigenvalue weighted by Gasteiger charge is 2.30. The van der Waals surface area contributed by atoms with Crippen molar-refractivity contribution in [2.45, 2.75) is 77.5 Å². The number of carboxylic acid groups (broad SMARTS) is 1. The average Bonchev–Trinajstić information content (AvgIpc) is 2.71. The highest BCUT2D eigenvalue weighted by molar-refractivity contribution is 7.80. The van der Waals surface area contributed by atoms with Crippen LogP contribution in [0.2, 0.25) is 0 Å². The Morgan fingerprint density at radius 2 is 1.41 bits per heavy atom. The smallest absolute Gasteiger partial charge is 0.326 e. The van der Waals surface area contributed by atoms with E-state index in [1.54, 1.807) is 20.8 Å². The molecule has 8 N–H and O–H groups in total. The van der Waals surface area contributed by atoms with Crippen molar-refractivity contribution in [3.8, 4) is 0 Å². The first-order valence-electron chi connectivity index (χ1n) is 10.6. The monoisotopic (exact) mass is 475 g/mol. The summed E-state index contributed by atoms with van der Waals surface area (Å²) in [6.07, 6.45) is 0.501. The number of carboxylic acids is 1. The highest BCUT2D eigenvalue weighted by atomic mass is 32.1. The lowest BCUT2D eigenvalue weighted by Crippen LogP contribution is -2.58. The number of hydrogen-bond donors (Lipinski definition) is 7. The first kappa shape index (κ1) is 29.7. The summed E-state index contributed by atoms with van der Waals surface area (Å²) in [4.78, 5) is 60.4. The van der Waals surface area contributed by atoms with Gasteiger partial charge in [0, 0.05) is 12.2 Å². The summed E-state index contributed by atoms with van der Waals surface area (Å²) in [7, 11) is 0. The second-order valence-electron chi connectivity index (χ2n) is 8.25. The van der Waals surface area contributed by atoms with Crippen molar-refractivity contribution in [2.75, 3.05) is 5.75 Å². The van der Waals surface area contributed by atoms with E-state index < -0.39 is 53.8 Å². The van der Waals surface area contributed by atoms with Crippen LogP contribution in [0.15, 0.2) is 0 Å². The molecule has 0 aliphatic heterocycles. The van der Waals surface area contributed by atoms with E-state index in [4.69, 9.17) is 11.5 Å². The molecule has 5 atom stereocenters. The van der Waals surface area contributed by atoms with Gasteiger partial charge < -0.3 is 32.5 Å². The fourth-order valence-corrected chi connectivity index (χ4v) is 3.02. The van der Waals surface area contributed by atoms with E-state index in [9.17, 15) is 29.1 Å². The Kier molecular flexibility index (Phi) is 13.6. The molecule has 184 valence electrons. The molecule has 0 aromatic carbocycles. The van der Waals surface area contributed by atoms with Gasteiger partial charge >= 0.3 is 5.97 Å². The van der Waals surface area contributed by atoms with Crippen molar-refractivity contribution in [1.82, 2.24) is 16.0 Å². The summed E-state index contributed by atoms with van der Waals surface area (Å²) < 4.78 is 0. The van der Waals surface area contributed by atoms with Gasteiger partial charge in [-0.3, -0.25) is 19.2 Å². The lowest BCUT2D eigenvalue weighted by molar-refractivity contribution is -0.143. The summed E-state index contributed by atoms with van der Waals surface area (Å²) in [5, 5.41) is 16.7. The van der Waals surface area contributed by atoms with Crippen LogP contribution in [0.3, 0.4) is 0 Å². The summed E-state index contributed by atoms with van der Waals surface area (Å²) in [6.45, 7) is 7.30. The second-order valence-corrected chi connectivity index (χ2v) is 8.62. The predicted octanol–water partition coefficient (Wildman–Crippen LogP) is -0.860. The molecule has 0 aliphatic rings. The van der Waals surface area contributed by atoms with Crippen LogP contribution in [-0.2, 0) is 24.0 Å². The molecule has 0 aliphatic carbocycles. The Balaban J connectivity index is 5.37. The fourth-order valence-electron chi connectivity index (χ4n) is 2.77. The normalized spacial score (nSPS) is 15.7. The Hall–Kier alpha value is -2.34. The molecular weight excluding hydrogens is 438 g/mol. The van der Waals surface area contributed by atoms with Gasteiger partial charge in [-0.15, -0.1) is 0 Å². The summed E-state index contributed by atoms with van der Waals surface area (Å²) in [5.41, 5.74) is 11.0. The SMILES string of the molecule is CCC(C)C(N)C(=O)NC(CS)C(=O)NC(CCC(N)=O)C(=O)NC(CC(C)C)C(=O)O. The number of carbonyl (C=O) groups excluding carboxylic acids is 4. The van der Waals surface area contributed by atoms with Crippen molar-refractivity contribution in [1.29, 1.82) is 0 Å². The Labute approximate surface area is 194 Å². The molecule has 32 heavy (non-hydrogen) atoms. The average molecular weight is 476 g/mol. The number of thiol groups is 1. The molecular formula is C20H37N5O6S. The van der Waals surface area contributed by atoms with E-state index in [1.807, 2.05) is 6.92 Å². The van der Waals surface area contributed by atoms with E-state index in [1.165, 1.54) is 0 Å². The van der Waals surface area contributed by atoms with Crippen molar-refractivity contribution in [3.63, 3.8) is 0 Å². The minimum atomic E-state index is -1.23. The van der Waals surface area contributed by atoms with Gasteiger partial charge in [0.1, 0.15) is 18.1 Å². The molecule has 4 amide bonds. The van der Waals surface area contributed by atoms with Gasteiger partial charge in [0.25, 0.3) is 0 Å². The van der Waals surface area contributed by atoms with E-state index in [0.717, 1.165) is 0 Å². The standard InChI is InChI=1S/C20H37N5O6S/c1-5-11(4)16(22)19(29)25-14(9-32)18(28)23-12(6-7-15(21)26)17(27)24-13(20(30)31)8-10(2)3/h10-14,16,32H,5-9,22H2,1-4H3,(H2,21,26)(H,23,28)(H,24,27)(H,25,29)(H,30,31). The van der Waals surface area contributed by atoms with Crippen LogP contribution in [0.1, 0.15) is 53.4 Å². The van der Waals surface area contributed by atoms with Gasteiger partial charge in [-0.2, -0.15) is 12.6 Å². The quantitative estimate of drug-likeness (QED) is 0.150. The number of rotatable bonds is 15. The zero-order valence-corrected chi connectivity index (χ0v) is 20.0. The van der Waals surface area contributed by atoms with E-state index in [2.05, 4.69) is 28.6 Å². The van der Waals surface area contributed by atoms with E-state index in [0.29, 0.717) is 6.42 Å². The number of primary amides is 1. The van der Waals surface area contributed by atoms with Crippen LogP contribution in [0, 0.1) is 11.8 Å². The van der Waals surface area contributed by atoms with Crippen LogP contribution in [0.25, 0.3) is 0 Å². The second kappa shape index (κ2) is 14.7. The third-order valence-electron chi connectivity index (χ3n) is 5.01. The summed E-state index contributed by atoms with van der Waals surface area (Å²) in [5.74, 6) is -4.11. The maximum Gasteiger partial charge on any atom is 0.326 e. The third kappa shape index (κ3) is 10.8. The number of nitrogens with one attached hydrogen (secondary N) is 3. The van der Waals surface area contributed by atoms with Crippen molar-refractivity contribution < 1.29 is 29.1 Å². The molecule has 0 saturated carbocycles. The molecule has 5 unspecified atom stereocenters. The van der Waals surface area contributed by atoms with Gasteiger partial charge in [-0.05, 0) is 24.7 Å². The fraction of sp³-hybridized carbons (Fsp3) is 0.750. The lowest BCUT2D eigenvalue weighted by atomic mass is 9.99. The molecule has 0 radical (unpaired) electrons. The van der Waals surface area contributed by atoms with Gasteiger partial charge in [0.2, 0.25) is 23.6 Å². The van der Waals surface area contributed by atoms with Crippen molar-refractivity contribution >= 4 is 42.2 Å². The predicted molar refractivity (Wildman–Crippen MR) is 123 cm³/mol. The van der Waals surface area contributed by atoms with E-state index in [-0.39, 0.29) is 36.9 Å². The molecule has 11 nitrogen and oxygen atoms in total. The van der Waals surface area contributed by atoms with Crippen molar-refractivity contribution in [2.24, 2.45) is 23.3 Å². The molecule has 0 aromatic heterocycles. The molecule has 0 heterocycles. The zero-order chi connectivity index (χ0) is 25.0. The Morgan fingerprint density at radius 1 is 0.906 bits per heavy atom. The van der Waals surface area contributed by atoms with E-state index >= 15 is 0 Å². The van der Waals surface area contributed by atoms with Gasteiger partial charge in [0.05, 0.1) is 6.04 Å². The topological polar surface area (TPSA) is 194 Å². The molecule has 0 saturated heterocycles. The van der Waals surface area contributed by atoms with Crippen LogP contribution in [-0.4, -0.2) is 64.6 Å². The van der Waals surface area contributed by atoms with Crippen LogP contribution >= 0.6 is 12.6 Å². The molecule has 12 heteroatoms. The Bertz CT molecular complexity index is 675. The lowest BCUT2D eigenvalue weighted by Gasteiger charge is -2.25. The van der Waals surface area contributed by atoms with Crippen LogP contribution in [0.4, 0.5) is 0 Å². The largest absolute Gasteiger partial charge is 0.480 e. The molecule has 0 bridgehead atoms. The minimum absolute atomic E-state index is 0.00597. The Morgan fingerprint density at radius 3 is 1.84 bits per heavy atom. The van der Waals surface area contributed by atoms with Crippen LogP contribution < -0.4 is 27.4 Å². The minimum Gasteiger partial charge on any atom is -0.480 e. The van der Waals surface area contributed by atoms with Gasteiger partial charge in [-0.1, -0.05) is 34.1 Å². The van der Waals surface area contributed by atoms with Gasteiger partial charge in [-0.25, -0.2) is 4.79 Å². The summed E-state index contributed by atoms with van der Waals surface area (Å²) >= 11 is 4.08. The molecule has 0 rings (SSSR count). The van der Waals surface area contributed by atoms with Crippen molar-refractivity contribution in [3.05, 3.63) is 0 Å². The maximum absolute atomic E-state index is 12.7. The first-order chi connectivity index (χ1) is 14.8. The maximum atomic E-state index is 12.7. The van der Waals surface area contributed by atoms with Gasteiger partial charge in [0.15, 0.2) is 0 Å². The third-order valence-corrected chi connectivity index (χ3v) is 5.37. The number of aliphatic carboxylic acids is 1. The zero-order valence-electron chi connectivity index (χ0n) is 19.1. The molecule has 0 aromatic rings. The number of hydrogen-bond acceptors (Lipinski definition) is 7. The summed E-state index contributed by atoms with van der Waals surface area (Å²) in [6, 6.07) is -4.30. The van der Waals surface area contributed by atoms with Crippen LogP contribution in [0.5, 0.6) is 0 Å². The molecule has 0 spiro atoms. The highest BCUT2D eigenvalue weighted by Crippen LogP contribution is 2.08.